The Kier molecular flexibility index (Phi) is 7.20. The van der Waals surface area contributed by atoms with E-state index in [-0.39, 0.29) is 30.3 Å². The molecule has 1 aliphatic rings. The van der Waals surface area contributed by atoms with E-state index in [0.29, 0.717) is 23.7 Å². The molecule has 172 valence electrons. The zero-order valence-corrected chi connectivity index (χ0v) is 20.8. The summed E-state index contributed by atoms with van der Waals surface area (Å²) < 4.78 is 0. The molecule has 1 aliphatic heterocycles. The molecule has 0 N–H and O–H groups in total. The Morgan fingerprint density at radius 3 is 2.52 bits per heavy atom. The fourth-order valence-electron chi connectivity index (χ4n) is 4.50. The fraction of sp³-hybridized carbons (Fsp3) is 0.333. The number of fused-ring (bicyclic) bond motifs is 1. The van der Waals surface area contributed by atoms with Crippen LogP contribution in [-0.4, -0.2) is 41.2 Å². The summed E-state index contributed by atoms with van der Waals surface area (Å²) in [5.74, 6) is 0.0727. The summed E-state index contributed by atoms with van der Waals surface area (Å²) in [6, 6.07) is 17.1. The maximum Gasteiger partial charge on any atom is 0.254 e. The van der Waals surface area contributed by atoms with E-state index < -0.39 is 0 Å². The number of thiophene rings is 1. The Balaban J connectivity index is 1.63. The minimum atomic E-state index is -0.144. The minimum absolute atomic E-state index is 0.0249. The van der Waals surface area contributed by atoms with Crippen LogP contribution < -0.4 is 0 Å². The molecule has 0 fully saturated rings. The van der Waals surface area contributed by atoms with Crippen molar-refractivity contribution in [2.24, 2.45) is 5.92 Å². The molecule has 0 radical (unpaired) electrons. The van der Waals surface area contributed by atoms with Crippen LogP contribution >= 0.6 is 22.9 Å². The predicted molar refractivity (Wildman–Crippen MR) is 135 cm³/mol. The molecule has 0 bridgehead atoms. The molecule has 1 atom stereocenters. The van der Waals surface area contributed by atoms with Gasteiger partial charge >= 0.3 is 0 Å². The third-order valence-corrected chi connectivity index (χ3v) is 7.31. The van der Waals surface area contributed by atoms with Gasteiger partial charge in [-0.1, -0.05) is 49.7 Å². The summed E-state index contributed by atoms with van der Waals surface area (Å²) in [6.07, 6.45) is 0.844. The normalized spacial score (nSPS) is 15.4. The Bertz CT molecular complexity index is 1140. The number of aryl methyl sites for hydroxylation is 1. The van der Waals surface area contributed by atoms with Crippen molar-refractivity contribution in [3.63, 3.8) is 0 Å². The van der Waals surface area contributed by atoms with Crippen molar-refractivity contribution < 1.29 is 9.59 Å². The highest BCUT2D eigenvalue weighted by atomic mass is 35.5. The number of amides is 2. The van der Waals surface area contributed by atoms with Gasteiger partial charge in [0.05, 0.1) is 6.04 Å². The second kappa shape index (κ2) is 10.1. The lowest BCUT2D eigenvalue weighted by molar-refractivity contribution is -0.134. The Labute approximate surface area is 204 Å². The van der Waals surface area contributed by atoms with Crippen molar-refractivity contribution in [1.82, 2.24) is 9.80 Å². The number of carbonyl (C=O) groups is 2. The van der Waals surface area contributed by atoms with Crippen LogP contribution in [0.15, 0.2) is 60.0 Å². The van der Waals surface area contributed by atoms with Crippen LogP contribution in [0.25, 0.3) is 0 Å². The van der Waals surface area contributed by atoms with E-state index in [1.54, 1.807) is 40.5 Å². The van der Waals surface area contributed by atoms with Crippen molar-refractivity contribution in [1.29, 1.82) is 0 Å². The molecular formula is C27H29ClN2O2S. The number of rotatable bonds is 6. The third-order valence-electron chi connectivity index (χ3n) is 6.06. The number of carbonyl (C=O) groups excluding carboxylic acids is 2. The predicted octanol–water partition coefficient (Wildman–Crippen LogP) is 5.98. The zero-order chi connectivity index (χ0) is 23.5. The van der Waals surface area contributed by atoms with Gasteiger partial charge in [-0.15, -0.1) is 11.3 Å². The van der Waals surface area contributed by atoms with Crippen LogP contribution in [0.4, 0.5) is 0 Å². The van der Waals surface area contributed by atoms with E-state index in [2.05, 4.69) is 44.4 Å². The maximum absolute atomic E-state index is 13.7. The van der Waals surface area contributed by atoms with Gasteiger partial charge in [-0.25, -0.2) is 0 Å². The van der Waals surface area contributed by atoms with Crippen LogP contribution in [0.3, 0.4) is 0 Å². The smallest absolute Gasteiger partial charge is 0.254 e. The van der Waals surface area contributed by atoms with E-state index in [4.69, 9.17) is 11.6 Å². The van der Waals surface area contributed by atoms with Gasteiger partial charge in [-0.05, 0) is 71.7 Å². The lowest BCUT2D eigenvalue weighted by Crippen LogP contribution is -2.47. The molecule has 2 aromatic carbocycles. The van der Waals surface area contributed by atoms with Gasteiger partial charge in [0.15, 0.2) is 0 Å². The van der Waals surface area contributed by atoms with Gasteiger partial charge in [0.1, 0.15) is 6.54 Å². The molecule has 2 amide bonds. The first kappa shape index (κ1) is 23.5. The molecule has 4 nitrogen and oxygen atoms in total. The monoisotopic (exact) mass is 480 g/mol. The maximum atomic E-state index is 13.7. The molecule has 6 heteroatoms. The van der Waals surface area contributed by atoms with Crippen molar-refractivity contribution in [3.05, 3.63) is 92.1 Å². The molecule has 2 heterocycles. The highest BCUT2D eigenvalue weighted by Gasteiger charge is 2.34. The highest BCUT2D eigenvalue weighted by Crippen LogP contribution is 2.39. The molecule has 0 spiro atoms. The van der Waals surface area contributed by atoms with E-state index in [0.717, 1.165) is 17.5 Å². The second-order valence-corrected chi connectivity index (χ2v) is 10.4. The lowest BCUT2D eigenvalue weighted by Gasteiger charge is -2.38. The first-order chi connectivity index (χ1) is 15.8. The molecule has 1 unspecified atom stereocenters. The summed E-state index contributed by atoms with van der Waals surface area (Å²) in [7, 11) is 0. The van der Waals surface area contributed by atoms with E-state index >= 15 is 0 Å². The van der Waals surface area contributed by atoms with Crippen molar-refractivity contribution in [3.8, 4) is 0 Å². The summed E-state index contributed by atoms with van der Waals surface area (Å²) >= 11 is 7.76. The van der Waals surface area contributed by atoms with Crippen LogP contribution in [0, 0.1) is 12.8 Å². The molecule has 1 aromatic heterocycles. The van der Waals surface area contributed by atoms with E-state index in [1.165, 1.54) is 10.4 Å². The van der Waals surface area contributed by atoms with Crippen LogP contribution in [0.5, 0.6) is 0 Å². The van der Waals surface area contributed by atoms with E-state index in [1.807, 2.05) is 17.0 Å². The number of hydrogen-bond acceptors (Lipinski definition) is 3. The molecule has 4 rings (SSSR count). The van der Waals surface area contributed by atoms with Gasteiger partial charge in [-0.2, -0.15) is 0 Å². The van der Waals surface area contributed by atoms with Crippen molar-refractivity contribution in [2.75, 3.05) is 19.6 Å². The summed E-state index contributed by atoms with van der Waals surface area (Å²) in [5, 5.41) is 2.69. The molecule has 0 saturated carbocycles. The summed E-state index contributed by atoms with van der Waals surface area (Å²) in [5.41, 5.74) is 4.05. The second-order valence-electron chi connectivity index (χ2n) is 8.98. The number of benzene rings is 2. The number of halogens is 1. The Hall–Kier alpha value is -2.63. The zero-order valence-electron chi connectivity index (χ0n) is 19.3. The SMILES string of the molecule is Cc1ccccc1C1c2ccsc2CCN1C(=O)CN(CC(C)C)C(=O)c1ccc(Cl)cc1. The lowest BCUT2D eigenvalue weighted by atomic mass is 9.90. The first-order valence-electron chi connectivity index (χ1n) is 11.3. The largest absolute Gasteiger partial charge is 0.330 e. The van der Waals surface area contributed by atoms with Crippen LogP contribution in [-0.2, 0) is 11.2 Å². The average molecular weight is 481 g/mol. The van der Waals surface area contributed by atoms with Crippen LogP contribution in [0.1, 0.15) is 51.8 Å². The molecule has 33 heavy (non-hydrogen) atoms. The van der Waals surface area contributed by atoms with Crippen molar-refractivity contribution >= 4 is 34.8 Å². The van der Waals surface area contributed by atoms with Gasteiger partial charge in [0.2, 0.25) is 5.91 Å². The number of hydrogen-bond donors (Lipinski definition) is 0. The standard InChI is InChI=1S/C27H29ClN2O2S/c1-18(2)16-29(27(32)20-8-10-21(28)11-9-20)17-25(31)30-14-12-24-23(13-15-33-24)26(30)22-7-5-4-6-19(22)3/h4-11,13,15,18,26H,12,14,16-17H2,1-3H3. The first-order valence-corrected chi connectivity index (χ1v) is 12.6. The highest BCUT2D eigenvalue weighted by molar-refractivity contribution is 7.10. The van der Waals surface area contributed by atoms with Gasteiger partial charge in [-0.3, -0.25) is 9.59 Å². The Morgan fingerprint density at radius 1 is 1.09 bits per heavy atom. The average Bonchev–Trinajstić information content (AvgIpc) is 3.27. The summed E-state index contributed by atoms with van der Waals surface area (Å²) in [4.78, 5) is 32.0. The third kappa shape index (κ3) is 5.15. The minimum Gasteiger partial charge on any atom is -0.330 e. The molecule has 0 saturated heterocycles. The quantitative estimate of drug-likeness (QED) is 0.435. The summed E-state index contributed by atoms with van der Waals surface area (Å²) in [6.45, 7) is 7.42. The van der Waals surface area contributed by atoms with Gasteiger partial charge in [0, 0.05) is 28.6 Å². The number of nitrogens with zero attached hydrogens (tertiary/aromatic N) is 2. The van der Waals surface area contributed by atoms with E-state index in [9.17, 15) is 9.59 Å². The molecular weight excluding hydrogens is 452 g/mol. The molecule has 3 aromatic rings. The molecule has 0 aliphatic carbocycles. The van der Waals surface area contributed by atoms with Crippen LogP contribution in [0.2, 0.25) is 5.02 Å². The topological polar surface area (TPSA) is 40.6 Å². The van der Waals surface area contributed by atoms with Crippen molar-refractivity contribution in [2.45, 2.75) is 33.2 Å². The van der Waals surface area contributed by atoms with Gasteiger partial charge < -0.3 is 9.80 Å². The Morgan fingerprint density at radius 2 is 1.82 bits per heavy atom. The fourth-order valence-corrected chi connectivity index (χ4v) is 5.53. The van der Waals surface area contributed by atoms with Gasteiger partial charge in [0.25, 0.3) is 5.91 Å².